The molecular weight excluding hydrogens is 295 g/mol. The predicted molar refractivity (Wildman–Crippen MR) is 76.5 cm³/mol. The van der Waals surface area contributed by atoms with Gasteiger partial charge >= 0.3 is 6.18 Å². The summed E-state index contributed by atoms with van der Waals surface area (Å²) in [5.74, 6) is 0.325. The smallest absolute Gasteiger partial charge is 0.416 e. The highest BCUT2D eigenvalue weighted by atomic mass is 19.4. The third-order valence-electron chi connectivity index (χ3n) is 2.84. The number of carbonyl (C=O) groups is 1. The Kier molecular flexibility index (Phi) is 4.70. The molecule has 0 saturated heterocycles. The molecule has 0 aliphatic carbocycles. The number of ether oxygens (including phenoxy) is 1. The zero-order valence-corrected chi connectivity index (χ0v) is 11.8. The first-order valence-corrected chi connectivity index (χ1v) is 6.51. The second kappa shape index (κ2) is 6.51. The molecule has 0 aromatic heterocycles. The van der Waals surface area contributed by atoms with Crippen molar-refractivity contribution in [3.05, 3.63) is 59.7 Å². The maximum Gasteiger partial charge on any atom is 0.416 e. The summed E-state index contributed by atoms with van der Waals surface area (Å²) in [7, 11) is 0. The van der Waals surface area contributed by atoms with E-state index >= 15 is 0 Å². The zero-order chi connectivity index (χ0) is 16.2. The van der Waals surface area contributed by atoms with Crippen LogP contribution in [0.3, 0.4) is 0 Å². The van der Waals surface area contributed by atoms with E-state index < -0.39 is 11.7 Å². The highest BCUT2D eigenvalue weighted by Gasteiger charge is 2.29. The quantitative estimate of drug-likeness (QED) is 0.917. The molecule has 0 bridgehead atoms. The molecule has 2 rings (SSSR count). The summed E-state index contributed by atoms with van der Waals surface area (Å²) >= 11 is 0. The van der Waals surface area contributed by atoms with E-state index in [0.29, 0.717) is 17.0 Å². The van der Waals surface area contributed by atoms with Crippen molar-refractivity contribution in [2.24, 2.45) is 0 Å². The van der Waals surface area contributed by atoms with Gasteiger partial charge in [0.25, 0.3) is 0 Å². The minimum atomic E-state index is -4.34. The van der Waals surface area contributed by atoms with Crippen LogP contribution in [0.4, 0.5) is 18.9 Å². The zero-order valence-electron chi connectivity index (χ0n) is 11.8. The first kappa shape index (κ1) is 15.9. The summed E-state index contributed by atoms with van der Waals surface area (Å²) in [6.07, 6.45) is -4.34. The van der Waals surface area contributed by atoms with Crippen LogP contribution in [0.1, 0.15) is 18.1 Å². The molecule has 3 nitrogen and oxygen atoms in total. The number of benzene rings is 2. The van der Waals surface area contributed by atoms with Crippen LogP contribution in [0, 0.1) is 0 Å². The molecule has 0 atom stereocenters. The number of nitrogens with one attached hydrogen (secondary N) is 1. The molecule has 2 aromatic carbocycles. The summed E-state index contributed by atoms with van der Waals surface area (Å²) in [5, 5.41) is 2.62. The van der Waals surface area contributed by atoms with Crippen molar-refractivity contribution in [1.29, 1.82) is 0 Å². The molecule has 0 fully saturated rings. The number of anilines is 1. The Bertz CT molecular complexity index is 651. The molecule has 2 aromatic rings. The summed E-state index contributed by atoms with van der Waals surface area (Å²) in [6.45, 7) is 1.54. The van der Waals surface area contributed by atoms with Gasteiger partial charge in [-0.3, -0.25) is 4.79 Å². The van der Waals surface area contributed by atoms with Crippen molar-refractivity contribution in [2.45, 2.75) is 19.7 Å². The van der Waals surface area contributed by atoms with Gasteiger partial charge in [0.15, 0.2) is 0 Å². The Labute approximate surface area is 125 Å². The topological polar surface area (TPSA) is 38.3 Å². The van der Waals surface area contributed by atoms with Gasteiger partial charge in [0.05, 0.1) is 5.56 Å². The van der Waals surface area contributed by atoms with E-state index in [1.165, 1.54) is 19.1 Å². The Balaban J connectivity index is 1.99. The maximum absolute atomic E-state index is 12.5. The summed E-state index contributed by atoms with van der Waals surface area (Å²) in [4.78, 5) is 11.0. The van der Waals surface area contributed by atoms with Crippen molar-refractivity contribution in [3.8, 4) is 5.75 Å². The van der Waals surface area contributed by atoms with Crippen LogP contribution in [0.2, 0.25) is 0 Å². The minimum absolute atomic E-state index is 0.141. The highest BCUT2D eigenvalue weighted by molar-refractivity contribution is 5.88. The van der Waals surface area contributed by atoms with Crippen molar-refractivity contribution >= 4 is 11.6 Å². The second-order valence-electron chi connectivity index (χ2n) is 4.69. The van der Waals surface area contributed by atoms with E-state index in [0.717, 1.165) is 12.1 Å². The average molecular weight is 309 g/mol. The fourth-order valence-corrected chi connectivity index (χ4v) is 1.82. The molecular formula is C16H14F3NO2. The molecule has 0 spiro atoms. The Morgan fingerprint density at radius 3 is 2.41 bits per heavy atom. The molecule has 22 heavy (non-hydrogen) atoms. The Morgan fingerprint density at radius 1 is 1.14 bits per heavy atom. The van der Waals surface area contributed by atoms with Crippen LogP contribution in [0.15, 0.2) is 48.5 Å². The van der Waals surface area contributed by atoms with Gasteiger partial charge in [-0.15, -0.1) is 0 Å². The number of amides is 1. The van der Waals surface area contributed by atoms with Crippen LogP contribution in [0.5, 0.6) is 5.75 Å². The number of halogens is 3. The van der Waals surface area contributed by atoms with E-state index in [2.05, 4.69) is 5.32 Å². The van der Waals surface area contributed by atoms with E-state index in [1.807, 2.05) is 0 Å². The van der Waals surface area contributed by atoms with Crippen LogP contribution < -0.4 is 10.1 Å². The molecule has 116 valence electrons. The third-order valence-corrected chi connectivity index (χ3v) is 2.84. The standard InChI is InChI=1S/C16H14F3NO2/c1-11(21)20-14-3-2-4-15(9-14)22-10-12-5-7-13(8-6-12)16(17,18)19/h2-9H,10H2,1H3,(H,20,21). The number of rotatable bonds is 4. The maximum atomic E-state index is 12.5. The average Bonchev–Trinajstić information content (AvgIpc) is 2.44. The van der Waals surface area contributed by atoms with Crippen molar-refractivity contribution in [3.63, 3.8) is 0 Å². The number of hydrogen-bond donors (Lipinski definition) is 1. The molecule has 0 radical (unpaired) electrons. The van der Waals surface area contributed by atoms with E-state index in [1.54, 1.807) is 24.3 Å². The van der Waals surface area contributed by atoms with Gasteiger partial charge in [-0.05, 0) is 29.8 Å². The monoisotopic (exact) mass is 309 g/mol. The van der Waals surface area contributed by atoms with Crippen LogP contribution >= 0.6 is 0 Å². The summed E-state index contributed by atoms with van der Waals surface area (Å²) in [5.41, 5.74) is 0.527. The fourth-order valence-electron chi connectivity index (χ4n) is 1.82. The lowest BCUT2D eigenvalue weighted by Crippen LogP contribution is -2.06. The Morgan fingerprint density at radius 2 is 1.82 bits per heavy atom. The number of carbonyl (C=O) groups excluding carboxylic acids is 1. The molecule has 1 amide bonds. The van der Waals surface area contributed by atoms with Crippen LogP contribution in [-0.2, 0) is 17.6 Å². The predicted octanol–water partition coefficient (Wildman–Crippen LogP) is 4.24. The van der Waals surface area contributed by atoms with Gasteiger partial charge in [-0.25, -0.2) is 0 Å². The van der Waals surface area contributed by atoms with Gasteiger partial charge in [-0.2, -0.15) is 13.2 Å². The molecule has 0 aliphatic heterocycles. The summed E-state index contributed by atoms with van der Waals surface area (Å²) < 4.78 is 42.9. The third kappa shape index (κ3) is 4.51. The van der Waals surface area contributed by atoms with Crippen LogP contribution in [-0.4, -0.2) is 5.91 Å². The second-order valence-corrected chi connectivity index (χ2v) is 4.69. The number of hydrogen-bond acceptors (Lipinski definition) is 2. The van der Waals surface area contributed by atoms with E-state index in [-0.39, 0.29) is 12.5 Å². The summed E-state index contributed by atoms with van der Waals surface area (Å²) in [6, 6.07) is 11.6. The van der Waals surface area contributed by atoms with Crippen molar-refractivity contribution in [1.82, 2.24) is 0 Å². The van der Waals surface area contributed by atoms with E-state index in [9.17, 15) is 18.0 Å². The molecule has 1 N–H and O–H groups in total. The lowest BCUT2D eigenvalue weighted by atomic mass is 10.1. The lowest BCUT2D eigenvalue weighted by molar-refractivity contribution is -0.137. The first-order chi connectivity index (χ1) is 10.3. The van der Waals surface area contributed by atoms with Crippen molar-refractivity contribution < 1.29 is 22.7 Å². The first-order valence-electron chi connectivity index (χ1n) is 6.51. The SMILES string of the molecule is CC(=O)Nc1cccc(OCc2ccc(C(F)(F)F)cc2)c1. The lowest BCUT2D eigenvalue weighted by Gasteiger charge is -2.10. The Hall–Kier alpha value is -2.50. The van der Waals surface area contributed by atoms with Gasteiger partial charge in [0.2, 0.25) is 5.91 Å². The van der Waals surface area contributed by atoms with E-state index in [4.69, 9.17) is 4.74 Å². The molecule has 0 saturated carbocycles. The van der Waals surface area contributed by atoms with Gasteiger partial charge in [0.1, 0.15) is 12.4 Å². The number of alkyl halides is 3. The van der Waals surface area contributed by atoms with Crippen molar-refractivity contribution in [2.75, 3.05) is 5.32 Å². The fraction of sp³-hybridized carbons (Fsp3) is 0.188. The normalized spacial score (nSPS) is 11.1. The molecule has 0 aliphatic rings. The van der Waals surface area contributed by atoms with Gasteiger partial charge in [0, 0.05) is 18.7 Å². The largest absolute Gasteiger partial charge is 0.489 e. The van der Waals surface area contributed by atoms with Crippen LogP contribution in [0.25, 0.3) is 0 Å². The van der Waals surface area contributed by atoms with Gasteiger partial charge in [-0.1, -0.05) is 18.2 Å². The minimum Gasteiger partial charge on any atom is -0.489 e. The molecule has 0 heterocycles. The molecule has 6 heteroatoms. The molecule has 0 unspecified atom stereocenters. The highest BCUT2D eigenvalue weighted by Crippen LogP contribution is 2.29. The van der Waals surface area contributed by atoms with Gasteiger partial charge < -0.3 is 10.1 Å².